The molecule has 0 radical (unpaired) electrons. The molecule has 0 atom stereocenters. The molecule has 0 aliphatic rings. The maximum absolute atomic E-state index is 11.8. The van der Waals surface area contributed by atoms with Crippen LogP contribution in [0.1, 0.15) is 13.8 Å². The highest BCUT2D eigenvalue weighted by Gasteiger charge is 2.27. The highest BCUT2D eigenvalue weighted by molar-refractivity contribution is 6.50. The van der Waals surface area contributed by atoms with Crippen molar-refractivity contribution < 1.29 is 53.2 Å². The van der Waals surface area contributed by atoms with E-state index in [9.17, 15) is 44.1 Å². The number of rotatable bonds is 10. The van der Waals surface area contributed by atoms with Crippen molar-refractivity contribution in [2.45, 2.75) is 13.8 Å². The van der Waals surface area contributed by atoms with E-state index in [4.69, 9.17) is 0 Å². The van der Waals surface area contributed by atoms with Gasteiger partial charge < -0.3 is 45.2 Å². The molecule has 2 amide bonds. The zero-order valence-corrected chi connectivity index (χ0v) is 38.7. The number of carbonyl (C=O) groups is 2. The molecule has 0 saturated carbocycles. The number of hydrogen-bond donors (Lipinski definition) is 2. The number of hydrogen-bond acceptors (Lipinski definition) is 2. The van der Waals surface area contributed by atoms with Gasteiger partial charge in [0, 0.05) is 96.0 Å². The predicted octanol–water partition coefficient (Wildman–Crippen LogP) is 14.8. The van der Waals surface area contributed by atoms with Gasteiger partial charge in [-0.1, -0.05) is 97.1 Å². The summed E-state index contributed by atoms with van der Waals surface area (Å²) in [5, 5.41) is 5.80. The van der Waals surface area contributed by atoms with Crippen molar-refractivity contribution in [2.24, 2.45) is 0 Å². The summed E-state index contributed by atoms with van der Waals surface area (Å²) in [7, 11) is -12.0. The van der Waals surface area contributed by atoms with Gasteiger partial charge >= 0.3 is 14.5 Å². The van der Waals surface area contributed by atoms with Crippen molar-refractivity contribution in [1.29, 1.82) is 0 Å². The van der Waals surface area contributed by atoms with Gasteiger partial charge in [-0.15, -0.1) is 0 Å². The highest BCUT2D eigenvalue weighted by atomic mass is 19.5. The third kappa shape index (κ3) is 14.2. The molecule has 2 N–H and O–H groups in total. The summed E-state index contributed by atoms with van der Waals surface area (Å²) < 4.78 is 82.6. The lowest BCUT2D eigenvalue weighted by Crippen LogP contribution is -2.36. The zero-order valence-electron chi connectivity index (χ0n) is 38.7. The fourth-order valence-electron chi connectivity index (χ4n) is 8.01. The lowest BCUT2D eigenvalue weighted by atomic mass is 9.95. The first kappa shape index (κ1) is 51.2. The molecule has 0 bridgehead atoms. The molecule has 16 heteroatoms. The van der Waals surface area contributed by atoms with Gasteiger partial charge in [-0.05, 0) is 95.1 Å². The van der Waals surface area contributed by atoms with Crippen LogP contribution in [0.25, 0.3) is 78.7 Å². The third-order valence-electron chi connectivity index (χ3n) is 10.9. The van der Waals surface area contributed by atoms with Crippen molar-refractivity contribution in [2.75, 3.05) is 10.6 Å². The molecule has 9 rings (SSSR count). The first-order valence-corrected chi connectivity index (χ1v) is 22.4. The lowest BCUT2D eigenvalue weighted by molar-refractivity contribution is -0.572. The van der Waals surface area contributed by atoms with Crippen LogP contribution in [-0.2, 0) is 9.59 Å². The summed E-state index contributed by atoms with van der Waals surface area (Å²) in [5.41, 5.74) is 16.3. The van der Waals surface area contributed by atoms with E-state index in [1.54, 1.807) is 0 Å². The van der Waals surface area contributed by atoms with Crippen LogP contribution in [0.2, 0.25) is 0 Å². The van der Waals surface area contributed by atoms with E-state index in [0.717, 1.165) is 90.0 Å². The van der Waals surface area contributed by atoms with Crippen molar-refractivity contribution in [3.63, 3.8) is 0 Å². The molecule has 362 valence electrons. The van der Waals surface area contributed by atoms with E-state index < -0.39 is 14.5 Å². The number of halogens is 8. The van der Waals surface area contributed by atoms with E-state index in [2.05, 4.69) is 190 Å². The molecule has 7 aromatic carbocycles. The smallest absolute Gasteiger partial charge is 0.418 e. The molecular formula is C56H44B2F8N4O2. The Morgan fingerprint density at radius 3 is 0.750 bits per heavy atom. The summed E-state index contributed by atoms with van der Waals surface area (Å²) in [6.07, 6.45) is 0. The Bertz CT molecular complexity index is 2900. The van der Waals surface area contributed by atoms with Gasteiger partial charge in [0.05, 0.1) is 0 Å². The van der Waals surface area contributed by atoms with Gasteiger partial charge in [-0.25, -0.2) is 0 Å². The number of nitrogens with zero attached hydrogens (tertiary/aromatic N) is 2. The van der Waals surface area contributed by atoms with E-state index >= 15 is 0 Å². The van der Waals surface area contributed by atoms with Gasteiger partial charge in [0.25, 0.3) is 0 Å². The molecule has 0 fully saturated rings. The molecule has 0 aliphatic carbocycles. The minimum Gasteiger partial charge on any atom is -0.418 e. The van der Waals surface area contributed by atoms with E-state index in [-0.39, 0.29) is 11.8 Å². The van der Waals surface area contributed by atoms with Gasteiger partial charge in [0.2, 0.25) is 46.0 Å². The molecule has 0 unspecified atom stereocenters. The van der Waals surface area contributed by atoms with E-state index in [0.29, 0.717) is 0 Å². The predicted molar refractivity (Wildman–Crippen MR) is 271 cm³/mol. The monoisotopic (exact) mass is 978 g/mol. The largest absolute Gasteiger partial charge is 0.673 e. The normalized spacial score (nSPS) is 11.0. The SMILES string of the molecule is CC(=O)Nc1ccc(-[n+]2c(-c3ccccc3)cc(-c3ccc(-c4cc(-c5ccccc5)[n+](-c5ccc(NC(C)=O)cc5)c(-c5ccccc5)c4)cc3)cc2-c2ccccc2)cc1.F[B-](F)(F)F.F[B-](F)(F)F. The average molecular weight is 979 g/mol. The third-order valence-corrected chi connectivity index (χ3v) is 10.9. The van der Waals surface area contributed by atoms with Gasteiger partial charge in [-0.3, -0.25) is 9.59 Å². The Morgan fingerprint density at radius 1 is 0.319 bits per heavy atom. The number of carbonyl (C=O) groups excluding carboxylic acids is 2. The van der Waals surface area contributed by atoms with Crippen LogP contribution in [0.3, 0.4) is 0 Å². The molecule has 0 saturated heterocycles. The molecule has 2 aromatic heterocycles. The average Bonchev–Trinajstić information content (AvgIpc) is 3.36. The summed E-state index contributed by atoms with van der Waals surface area (Å²) in [4.78, 5) is 23.7. The summed E-state index contributed by atoms with van der Waals surface area (Å²) in [5.74, 6) is -0.210. The number of aromatic nitrogens is 2. The van der Waals surface area contributed by atoms with Crippen LogP contribution >= 0.6 is 0 Å². The Balaban J connectivity index is 0.000000694. The van der Waals surface area contributed by atoms with Gasteiger partial charge in [-0.2, -0.15) is 9.13 Å². The van der Waals surface area contributed by atoms with Crippen LogP contribution in [0, 0.1) is 0 Å². The number of benzene rings is 7. The lowest BCUT2D eigenvalue weighted by Gasteiger charge is -2.14. The summed E-state index contributed by atoms with van der Waals surface area (Å²) >= 11 is 0. The Labute approximate surface area is 411 Å². The number of pyridine rings is 2. The minimum absolute atomic E-state index is 0.105. The molecule has 0 aliphatic heterocycles. The van der Waals surface area contributed by atoms with Crippen molar-refractivity contribution in [3.05, 3.63) is 218 Å². The molecular weight excluding hydrogens is 934 g/mol. The maximum atomic E-state index is 11.8. The topological polar surface area (TPSA) is 66.0 Å². The van der Waals surface area contributed by atoms with Crippen LogP contribution in [0.4, 0.5) is 45.9 Å². The second-order valence-electron chi connectivity index (χ2n) is 16.2. The van der Waals surface area contributed by atoms with Crippen molar-refractivity contribution >= 4 is 37.7 Å². The van der Waals surface area contributed by atoms with Crippen LogP contribution < -0.4 is 19.8 Å². The first-order chi connectivity index (χ1) is 34.4. The van der Waals surface area contributed by atoms with Gasteiger partial charge in [0.1, 0.15) is 0 Å². The summed E-state index contributed by atoms with van der Waals surface area (Å²) in [6, 6.07) is 75.8. The van der Waals surface area contributed by atoms with E-state index in [1.807, 2.05) is 48.5 Å². The first-order valence-electron chi connectivity index (χ1n) is 22.4. The standard InChI is InChI=1S/C56H42N4O2.2BF4/c1-39(61)57-49-27-31-51(32-28-49)59-53(43-15-7-3-8-16-43)35-47(36-54(59)44-17-9-4-10-18-44)41-23-25-42(26-24-41)48-37-55(45-19-11-5-12-20-45)60(56(38-48)46-21-13-6-14-22-46)52-33-29-50(30-34-52)58-40(2)62;2*2-1(3,4)5/h3-38H,1-2H3;;/q;2*-1/p+2. The van der Waals surface area contributed by atoms with Crippen LogP contribution in [-0.4, -0.2) is 26.3 Å². The van der Waals surface area contributed by atoms with Crippen molar-refractivity contribution in [1.82, 2.24) is 0 Å². The Kier molecular flexibility index (Phi) is 16.2. The maximum Gasteiger partial charge on any atom is 0.673 e. The fourth-order valence-corrected chi connectivity index (χ4v) is 8.01. The summed E-state index contributed by atoms with van der Waals surface area (Å²) in [6.45, 7) is 3.04. The molecule has 0 spiro atoms. The molecule has 2 heterocycles. The number of amides is 2. The molecule has 72 heavy (non-hydrogen) atoms. The highest BCUT2D eigenvalue weighted by Crippen LogP contribution is 2.35. The zero-order chi connectivity index (χ0) is 51.4. The Morgan fingerprint density at radius 2 is 0.542 bits per heavy atom. The quantitative estimate of drug-likeness (QED) is 0.0815. The second kappa shape index (κ2) is 22.8. The minimum atomic E-state index is -6.00. The molecule has 9 aromatic rings. The number of nitrogens with one attached hydrogen (secondary N) is 2. The van der Waals surface area contributed by atoms with E-state index in [1.165, 1.54) is 13.8 Å². The van der Waals surface area contributed by atoms with Crippen LogP contribution in [0.5, 0.6) is 0 Å². The van der Waals surface area contributed by atoms with Crippen molar-refractivity contribution in [3.8, 4) is 78.7 Å². The number of anilines is 2. The Hall–Kier alpha value is -8.65. The van der Waals surface area contributed by atoms with Crippen LogP contribution in [0.15, 0.2) is 218 Å². The fraction of sp³-hybridized carbons (Fsp3) is 0.0357. The second-order valence-corrected chi connectivity index (χ2v) is 16.2. The van der Waals surface area contributed by atoms with Gasteiger partial charge in [0.15, 0.2) is 0 Å². The molecule has 6 nitrogen and oxygen atoms in total.